The van der Waals surface area contributed by atoms with Gasteiger partial charge in [0.05, 0.1) is 18.0 Å². The zero-order valence-corrected chi connectivity index (χ0v) is 16.6. The molecule has 7 nitrogen and oxygen atoms in total. The lowest BCUT2D eigenvalue weighted by Gasteiger charge is -2.27. The summed E-state index contributed by atoms with van der Waals surface area (Å²) >= 11 is 0. The minimum absolute atomic E-state index is 0.0247. The van der Waals surface area contributed by atoms with Crippen LogP contribution in [0, 0.1) is 0 Å². The van der Waals surface area contributed by atoms with Gasteiger partial charge in [0.1, 0.15) is 17.1 Å². The van der Waals surface area contributed by atoms with Crippen LogP contribution in [0.25, 0.3) is 22.4 Å². The van der Waals surface area contributed by atoms with E-state index in [-0.39, 0.29) is 5.91 Å². The quantitative estimate of drug-likeness (QED) is 0.538. The Bertz CT molecular complexity index is 1210. The third kappa shape index (κ3) is 2.90. The molecule has 30 heavy (non-hydrogen) atoms. The number of benzene rings is 1. The number of amides is 1. The number of aromatic amines is 1. The van der Waals surface area contributed by atoms with Gasteiger partial charge in [0.15, 0.2) is 0 Å². The van der Waals surface area contributed by atoms with Crippen LogP contribution < -0.4 is 10.1 Å². The summed E-state index contributed by atoms with van der Waals surface area (Å²) in [6.45, 7) is 0.636. The van der Waals surface area contributed by atoms with Crippen molar-refractivity contribution in [3.63, 3.8) is 0 Å². The highest BCUT2D eigenvalue weighted by molar-refractivity contribution is 5.97. The number of hydrogen-bond donors (Lipinski definition) is 2. The Hall–Kier alpha value is -3.74. The highest BCUT2D eigenvalue weighted by Gasteiger charge is 2.45. The van der Waals surface area contributed by atoms with Gasteiger partial charge in [0.2, 0.25) is 5.91 Å². The lowest BCUT2D eigenvalue weighted by atomic mass is 9.74. The molecule has 0 radical (unpaired) electrons. The van der Waals surface area contributed by atoms with Gasteiger partial charge in [0, 0.05) is 36.9 Å². The summed E-state index contributed by atoms with van der Waals surface area (Å²) < 4.78 is 5.58. The molecule has 0 aliphatic carbocycles. The predicted octanol–water partition coefficient (Wildman–Crippen LogP) is 3.03. The van der Waals surface area contributed by atoms with Crippen LogP contribution in [-0.2, 0) is 16.6 Å². The van der Waals surface area contributed by atoms with Gasteiger partial charge >= 0.3 is 0 Å². The Morgan fingerprint density at radius 1 is 1.10 bits per heavy atom. The Morgan fingerprint density at radius 2 is 1.97 bits per heavy atom. The molecule has 3 aromatic heterocycles. The molecule has 2 N–H and O–H groups in total. The van der Waals surface area contributed by atoms with Gasteiger partial charge in [-0.3, -0.25) is 14.8 Å². The molecule has 0 bridgehead atoms. The van der Waals surface area contributed by atoms with Crippen molar-refractivity contribution in [1.82, 2.24) is 25.3 Å². The maximum atomic E-state index is 13.2. The molecule has 7 heteroatoms. The molecule has 4 heterocycles. The van der Waals surface area contributed by atoms with E-state index in [2.05, 4.69) is 20.3 Å². The van der Waals surface area contributed by atoms with Crippen molar-refractivity contribution in [2.75, 3.05) is 13.7 Å². The molecule has 1 aliphatic rings. The first-order valence-corrected chi connectivity index (χ1v) is 9.86. The zero-order valence-electron chi connectivity index (χ0n) is 16.6. The Labute approximate surface area is 173 Å². The van der Waals surface area contributed by atoms with Crippen molar-refractivity contribution in [3.05, 3.63) is 72.3 Å². The van der Waals surface area contributed by atoms with E-state index in [1.165, 1.54) is 0 Å². The van der Waals surface area contributed by atoms with E-state index in [1.54, 1.807) is 31.9 Å². The molecule has 1 aromatic carbocycles. The maximum absolute atomic E-state index is 13.2. The van der Waals surface area contributed by atoms with Crippen LogP contribution in [0.3, 0.4) is 0 Å². The van der Waals surface area contributed by atoms with Crippen LogP contribution in [0.15, 0.2) is 61.2 Å². The molecule has 1 saturated heterocycles. The minimum atomic E-state index is -0.701. The molecule has 0 spiro atoms. The van der Waals surface area contributed by atoms with Crippen molar-refractivity contribution in [2.45, 2.75) is 18.3 Å². The van der Waals surface area contributed by atoms with Gasteiger partial charge in [-0.25, -0.2) is 4.98 Å². The summed E-state index contributed by atoms with van der Waals surface area (Å²) in [6, 6.07) is 11.6. The lowest BCUT2D eigenvalue weighted by Crippen LogP contribution is -2.38. The first kappa shape index (κ1) is 18.3. The normalized spacial score (nSPS) is 18.5. The summed E-state index contributed by atoms with van der Waals surface area (Å²) in [5.41, 5.74) is 3.67. The highest BCUT2D eigenvalue weighted by atomic mass is 16.5. The van der Waals surface area contributed by atoms with Gasteiger partial charge in [0.25, 0.3) is 0 Å². The average Bonchev–Trinajstić information content (AvgIpc) is 3.39. The monoisotopic (exact) mass is 399 g/mol. The first-order valence-electron chi connectivity index (χ1n) is 9.86. The Morgan fingerprint density at radius 3 is 2.67 bits per heavy atom. The first-order chi connectivity index (χ1) is 14.7. The summed E-state index contributed by atoms with van der Waals surface area (Å²) in [5.74, 6) is 1.41. The van der Waals surface area contributed by atoms with Crippen LogP contribution in [0.4, 0.5) is 0 Å². The molecule has 1 unspecified atom stereocenters. The predicted molar refractivity (Wildman–Crippen MR) is 113 cm³/mol. The third-order valence-corrected chi connectivity index (χ3v) is 5.80. The second-order valence-corrected chi connectivity index (χ2v) is 7.49. The number of aromatic nitrogens is 4. The van der Waals surface area contributed by atoms with E-state index in [4.69, 9.17) is 9.72 Å². The SMILES string of the molecule is COc1ccc(C2(Cc3ccncc3)CCNC2=O)c2nc(-c3cccnc3)[nH]c12. The molecule has 1 aliphatic heterocycles. The average molecular weight is 399 g/mol. The number of imidazole rings is 1. The summed E-state index contributed by atoms with van der Waals surface area (Å²) in [5, 5.41) is 3.03. The number of ether oxygens (including phenoxy) is 1. The maximum Gasteiger partial charge on any atom is 0.231 e. The summed E-state index contributed by atoms with van der Waals surface area (Å²) in [6.07, 6.45) is 8.29. The molecule has 5 rings (SSSR count). The highest BCUT2D eigenvalue weighted by Crippen LogP contribution is 2.41. The fourth-order valence-electron chi connectivity index (χ4n) is 4.31. The fraction of sp³-hybridized carbons (Fsp3) is 0.217. The number of nitrogens with one attached hydrogen (secondary N) is 2. The third-order valence-electron chi connectivity index (χ3n) is 5.80. The fourth-order valence-corrected chi connectivity index (χ4v) is 4.31. The Kier molecular flexibility index (Phi) is 4.43. The van der Waals surface area contributed by atoms with Crippen molar-refractivity contribution < 1.29 is 9.53 Å². The van der Waals surface area contributed by atoms with Gasteiger partial charge in [-0.15, -0.1) is 0 Å². The number of carbonyl (C=O) groups is 1. The number of pyridine rings is 2. The van der Waals surface area contributed by atoms with Crippen LogP contribution in [0.2, 0.25) is 0 Å². The van der Waals surface area contributed by atoms with Gasteiger partial charge < -0.3 is 15.0 Å². The zero-order chi connectivity index (χ0) is 20.6. The van der Waals surface area contributed by atoms with Crippen LogP contribution in [0.5, 0.6) is 5.75 Å². The molecule has 150 valence electrons. The van der Waals surface area contributed by atoms with Crippen molar-refractivity contribution in [3.8, 4) is 17.1 Å². The number of hydrogen-bond acceptors (Lipinski definition) is 5. The molecule has 0 saturated carbocycles. The van der Waals surface area contributed by atoms with Crippen LogP contribution in [-0.4, -0.2) is 39.5 Å². The van der Waals surface area contributed by atoms with E-state index in [0.29, 0.717) is 31.0 Å². The van der Waals surface area contributed by atoms with Crippen LogP contribution >= 0.6 is 0 Å². The number of methoxy groups -OCH3 is 1. The molecular formula is C23H21N5O2. The van der Waals surface area contributed by atoms with Crippen molar-refractivity contribution in [2.24, 2.45) is 0 Å². The second kappa shape index (κ2) is 7.26. The van der Waals surface area contributed by atoms with Gasteiger partial charge in [-0.05, 0) is 54.3 Å². The van der Waals surface area contributed by atoms with E-state index >= 15 is 0 Å². The van der Waals surface area contributed by atoms with Gasteiger partial charge in [-0.2, -0.15) is 0 Å². The van der Waals surface area contributed by atoms with E-state index in [0.717, 1.165) is 27.7 Å². The topological polar surface area (TPSA) is 92.8 Å². The molecule has 1 atom stereocenters. The minimum Gasteiger partial charge on any atom is -0.494 e. The van der Waals surface area contributed by atoms with Crippen molar-refractivity contribution >= 4 is 16.9 Å². The largest absolute Gasteiger partial charge is 0.494 e. The summed E-state index contributed by atoms with van der Waals surface area (Å²) in [7, 11) is 1.63. The number of nitrogens with zero attached hydrogens (tertiary/aromatic N) is 3. The number of carbonyl (C=O) groups excluding carboxylic acids is 1. The lowest BCUT2D eigenvalue weighted by molar-refractivity contribution is -0.123. The van der Waals surface area contributed by atoms with E-state index in [1.807, 2.05) is 36.4 Å². The van der Waals surface area contributed by atoms with E-state index < -0.39 is 5.41 Å². The van der Waals surface area contributed by atoms with E-state index in [9.17, 15) is 4.79 Å². The Balaban J connectivity index is 1.72. The molecule has 1 fully saturated rings. The van der Waals surface area contributed by atoms with Crippen molar-refractivity contribution in [1.29, 1.82) is 0 Å². The number of rotatable bonds is 5. The molecule has 4 aromatic rings. The molecular weight excluding hydrogens is 378 g/mol. The smallest absolute Gasteiger partial charge is 0.231 e. The molecule has 1 amide bonds. The van der Waals surface area contributed by atoms with Crippen LogP contribution in [0.1, 0.15) is 17.5 Å². The van der Waals surface area contributed by atoms with Gasteiger partial charge in [-0.1, -0.05) is 6.07 Å². The number of fused-ring (bicyclic) bond motifs is 1. The summed E-state index contributed by atoms with van der Waals surface area (Å²) in [4.78, 5) is 29.7. The second-order valence-electron chi connectivity index (χ2n) is 7.49. The standard InChI is InChI=1S/C23H21N5O2/c1-30-18-5-4-17(19-20(18)28-21(27-19)16-3-2-9-25-14-16)23(8-12-26-22(23)29)13-15-6-10-24-11-7-15/h2-7,9-11,14H,8,12-13H2,1H3,(H,26,29)(H,27,28). The number of H-pyrrole nitrogens is 1.